The fourth-order valence-corrected chi connectivity index (χ4v) is 3.38. The van der Waals surface area contributed by atoms with Crippen LogP contribution in [0, 0.1) is 0 Å². The van der Waals surface area contributed by atoms with Crippen molar-refractivity contribution >= 4 is 17.5 Å². The van der Waals surface area contributed by atoms with E-state index in [1.54, 1.807) is 0 Å². The van der Waals surface area contributed by atoms with E-state index in [1.165, 1.54) is 0 Å². The molecule has 0 spiro atoms. The molecule has 0 aromatic heterocycles. The minimum absolute atomic E-state index is 0.0474. The fourth-order valence-electron chi connectivity index (χ4n) is 3.10. The van der Waals surface area contributed by atoms with Crippen molar-refractivity contribution < 1.29 is 14.3 Å². The fraction of sp³-hybridized carbons (Fsp3) is 0.381. The molecule has 1 unspecified atom stereocenters. The van der Waals surface area contributed by atoms with Crippen molar-refractivity contribution in [3.63, 3.8) is 0 Å². The Morgan fingerprint density at radius 2 is 1.96 bits per heavy atom. The average molecular weight is 389 g/mol. The largest absolute Gasteiger partial charge is 0.489 e. The Labute approximate surface area is 165 Å². The number of hydrogen-bond donors (Lipinski definition) is 1. The normalized spacial score (nSPS) is 14.5. The zero-order valence-electron chi connectivity index (χ0n) is 15.7. The first-order chi connectivity index (χ1) is 13.1. The molecule has 1 N–H and O–H groups in total. The molecule has 5 nitrogen and oxygen atoms in total. The van der Waals surface area contributed by atoms with Crippen molar-refractivity contribution in [2.45, 2.75) is 25.9 Å². The topological polar surface area (TPSA) is 50.8 Å². The van der Waals surface area contributed by atoms with Crippen molar-refractivity contribution in [2.75, 3.05) is 26.8 Å². The third-order valence-electron chi connectivity index (χ3n) is 4.63. The van der Waals surface area contributed by atoms with Gasteiger partial charge in [-0.15, -0.1) is 0 Å². The van der Waals surface area contributed by atoms with Crippen LogP contribution in [0.5, 0.6) is 11.5 Å². The van der Waals surface area contributed by atoms with E-state index in [0.29, 0.717) is 36.3 Å². The molecule has 0 fully saturated rings. The van der Waals surface area contributed by atoms with Crippen LogP contribution < -0.4 is 14.8 Å². The summed E-state index contributed by atoms with van der Waals surface area (Å²) in [6.07, 6.45) is 0.819. The molecule has 0 saturated heterocycles. The highest BCUT2D eigenvalue weighted by atomic mass is 35.5. The van der Waals surface area contributed by atoms with Crippen molar-refractivity contribution in [1.29, 1.82) is 0 Å². The van der Waals surface area contributed by atoms with Gasteiger partial charge >= 0.3 is 0 Å². The zero-order chi connectivity index (χ0) is 19.2. The Morgan fingerprint density at radius 1 is 1.22 bits per heavy atom. The van der Waals surface area contributed by atoms with Crippen LogP contribution in [0.3, 0.4) is 0 Å². The van der Waals surface area contributed by atoms with Gasteiger partial charge in [0.1, 0.15) is 6.04 Å². The molecule has 1 atom stereocenters. The van der Waals surface area contributed by atoms with Crippen molar-refractivity contribution in [2.24, 2.45) is 0 Å². The van der Waals surface area contributed by atoms with Crippen molar-refractivity contribution in [3.8, 4) is 11.5 Å². The van der Waals surface area contributed by atoms with E-state index >= 15 is 0 Å². The molecule has 3 rings (SSSR count). The third kappa shape index (κ3) is 4.73. The molecule has 144 valence electrons. The number of halogens is 1. The summed E-state index contributed by atoms with van der Waals surface area (Å²) >= 11 is 6.34. The van der Waals surface area contributed by atoms with Crippen LogP contribution in [0.1, 0.15) is 30.5 Å². The number of nitrogens with one attached hydrogen (secondary N) is 1. The van der Waals surface area contributed by atoms with E-state index in [9.17, 15) is 4.79 Å². The maximum absolute atomic E-state index is 12.9. The number of benzene rings is 2. The number of rotatable bonds is 6. The number of likely N-dealkylation sites (N-methyl/N-ethyl adjacent to an activating group) is 1. The van der Waals surface area contributed by atoms with Crippen LogP contribution >= 0.6 is 11.6 Å². The second kappa shape index (κ2) is 9.11. The highest BCUT2D eigenvalue weighted by Crippen LogP contribution is 2.38. The highest BCUT2D eigenvalue weighted by Gasteiger charge is 2.24. The first-order valence-corrected chi connectivity index (χ1v) is 9.59. The summed E-state index contributed by atoms with van der Waals surface area (Å²) < 4.78 is 11.4. The van der Waals surface area contributed by atoms with Crippen LogP contribution in [0.25, 0.3) is 0 Å². The summed E-state index contributed by atoms with van der Waals surface area (Å²) in [7, 11) is 1.95. The summed E-state index contributed by atoms with van der Waals surface area (Å²) in [6, 6.07) is 13.1. The Kier molecular flexibility index (Phi) is 6.58. The monoisotopic (exact) mass is 388 g/mol. The van der Waals surface area contributed by atoms with Crippen LogP contribution in [0.4, 0.5) is 0 Å². The molecule has 2 aromatic carbocycles. The van der Waals surface area contributed by atoms with E-state index < -0.39 is 0 Å². The van der Waals surface area contributed by atoms with Gasteiger partial charge in [-0.2, -0.15) is 0 Å². The molecular formula is C21H25ClN2O3. The van der Waals surface area contributed by atoms with Gasteiger partial charge in [-0.1, -0.05) is 48.9 Å². The lowest BCUT2D eigenvalue weighted by atomic mass is 10.0. The molecule has 1 amide bonds. The predicted octanol–water partition coefficient (Wildman–Crippen LogP) is 3.81. The van der Waals surface area contributed by atoms with Gasteiger partial charge in [0.05, 0.1) is 18.2 Å². The lowest BCUT2D eigenvalue weighted by Crippen LogP contribution is -2.38. The summed E-state index contributed by atoms with van der Waals surface area (Å²) in [5.74, 6) is 1.17. The number of fused-ring (bicyclic) bond motifs is 1. The standard InChI is InChI=1S/C21H25ClN2O3/c1-3-24(2)19(16-8-5-4-6-9-16)21(25)23-14-15-12-17(22)20-18(13-15)26-10-7-11-27-20/h4-6,8-9,12-13,19H,3,7,10-11,14H2,1-2H3,(H,23,25). The van der Waals surface area contributed by atoms with Gasteiger partial charge in [-0.3, -0.25) is 9.69 Å². The van der Waals surface area contributed by atoms with Gasteiger partial charge in [0, 0.05) is 13.0 Å². The van der Waals surface area contributed by atoms with Crippen molar-refractivity contribution in [3.05, 3.63) is 58.6 Å². The first-order valence-electron chi connectivity index (χ1n) is 9.21. The van der Waals surface area contributed by atoms with E-state index in [1.807, 2.05) is 61.3 Å². The minimum Gasteiger partial charge on any atom is -0.489 e. The van der Waals surface area contributed by atoms with Crippen molar-refractivity contribution in [1.82, 2.24) is 10.2 Å². The molecule has 27 heavy (non-hydrogen) atoms. The highest BCUT2D eigenvalue weighted by molar-refractivity contribution is 6.32. The molecule has 0 bridgehead atoms. The summed E-state index contributed by atoms with van der Waals surface area (Å²) in [5, 5.41) is 3.53. The molecule has 1 aliphatic heterocycles. The number of amides is 1. The van der Waals surface area contributed by atoms with Crippen LogP contribution in [-0.2, 0) is 11.3 Å². The second-order valence-electron chi connectivity index (χ2n) is 6.56. The molecule has 6 heteroatoms. The van der Waals surface area contributed by atoms with Gasteiger partial charge in [0.15, 0.2) is 11.5 Å². The van der Waals surface area contributed by atoms with Gasteiger partial charge in [-0.05, 0) is 36.9 Å². The molecule has 2 aromatic rings. The third-order valence-corrected chi connectivity index (χ3v) is 4.91. The van der Waals surface area contributed by atoms with Crippen LogP contribution in [0.15, 0.2) is 42.5 Å². The summed E-state index contributed by atoms with van der Waals surface area (Å²) in [5.41, 5.74) is 1.85. The Hall–Kier alpha value is -2.24. The van der Waals surface area contributed by atoms with Crippen LogP contribution in [0.2, 0.25) is 5.02 Å². The van der Waals surface area contributed by atoms with Gasteiger partial charge in [0.2, 0.25) is 5.91 Å². The predicted molar refractivity (Wildman–Crippen MR) is 106 cm³/mol. The summed E-state index contributed by atoms with van der Waals surface area (Å²) in [6.45, 7) is 4.35. The first kappa shape index (κ1) is 19.5. The maximum atomic E-state index is 12.9. The number of hydrogen-bond acceptors (Lipinski definition) is 4. The Morgan fingerprint density at radius 3 is 2.70 bits per heavy atom. The summed E-state index contributed by atoms with van der Waals surface area (Å²) in [4.78, 5) is 14.9. The number of carbonyl (C=O) groups is 1. The molecule has 0 radical (unpaired) electrons. The molecule has 1 aliphatic rings. The van der Waals surface area contributed by atoms with Crippen LogP contribution in [-0.4, -0.2) is 37.6 Å². The SMILES string of the molecule is CCN(C)C(C(=O)NCc1cc(Cl)c2c(c1)OCCCO2)c1ccccc1. The van der Waals surface area contributed by atoms with Gasteiger partial charge < -0.3 is 14.8 Å². The Bertz CT molecular complexity index is 782. The molecular weight excluding hydrogens is 364 g/mol. The van der Waals surface area contributed by atoms with Gasteiger partial charge in [0.25, 0.3) is 0 Å². The minimum atomic E-state index is -0.341. The number of ether oxygens (including phenoxy) is 2. The number of nitrogens with zero attached hydrogens (tertiary/aromatic N) is 1. The maximum Gasteiger partial charge on any atom is 0.242 e. The zero-order valence-corrected chi connectivity index (χ0v) is 16.5. The van der Waals surface area contributed by atoms with E-state index in [-0.39, 0.29) is 11.9 Å². The number of carbonyl (C=O) groups excluding carboxylic acids is 1. The quantitative estimate of drug-likeness (QED) is 0.817. The van der Waals surface area contributed by atoms with E-state index in [4.69, 9.17) is 21.1 Å². The van der Waals surface area contributed by atoms with E-state index in [2.05, 4.69) is 5.32 Å². The smallest absolute Gasteiger partial charge is 0.242 e. The molecule has 0 aliphatic carbocycles. The molecule has 0 saturated carbocycles. The lowest BCUT2D eigenvalue weighted by Gasteiger charge is -2.26. The second-order valence-corrected chi connectivity index (χ2v) is 6.97. The lowest BCUT2D eigenvalue weighted by molar-refractivity contribution is -0.126. The van der Waals surface area contributed by atoms with E-state index in [0.717, 1.165) is 24.1 Å². The molecule has 1 heterocycles. The average Bonchev–Trinajstić information content (AvgIpc) is 2.93. The van der Waals surface area contributed by atoms with Gasteiger partial charge in [-0.25, -0.2) is 0 Å². The Balaban J connectivity index is 1.74.